The van der Waals surface area contributed by atoms with E-state index >= 15 is 0 Å². The summed E-state index contributed by atoms with van der Waals surface area (Å²) >= 11 is 0. The van der Waals surface area contributed by atoms with E-state index in [1.54, 1.807) is 7.11 Å². The molecule has 0 fully saturated rings. The average Bonchev–Trinajstić information content (AvgIpc) is 2.50. The zero-order valence-corrected chi connectivity index (χ0v) is 13.1. The third kappa shape index (κ3) is 6.44. The van der Waals surface area contributed by atoms with Crippen LogP contribution >= 0.6 is 0 Å². The predicted octanol–water partition coefficient (Wildman–Crippen LogP) is 1.89. The summed E-state index contributed by atoms with van der Waals surface area (Å²) in [6, 6.07) is 7.59. The highest BCUT2D eigenvalue weighted by molar-refractivity contribution is 5.35. The lowest BCUT2D eigenvalue weighted by molar-refractivity contribution is -0.0423. The second-order valence-electron chi connectivity index (χ2n) is 5.12. The third-order valence-electron chi connectivity index (χ3n) is 3.16. The smallest absolute Gasteiger partial charge is 0.124 e. The van der Waals surface area contributed by atoms with E-state index in [9.17, 15) is 5.11 Å². The van der Waals surface area contributed by atoms with Crippen molar-refractivity contribution in [1.82, 2.24) is 0 Å². The minimum Gasteiger partial charge on any atom is -0.490 e. The Morgan fingerprint density at radius 3 is 2.57 bits per heavy atom. The van der Waals surface area contributed by atoms with Crippen molar-refractivity contribution in [2.24, 2.45) is 5.73 Å². The van der Waals surface area contributed by atoms with E-state index in [0.29, 0.717) is 6.61 Å². The summed E-state index contributed by atoms with van der Waals surface area (Å²) in [4.78, 5) is 0. The maximum atomic E-state index is 9.89. The molecular weight excluding hydrogens is 270 g/mol. The van der Waals surface area contributed by atoms with E-state index in [4.69, 9.17) is 19.9 Å². The van der Waals surface area contributed by atoms with Gasteiger partial charge in [-0.15, -0.1) is 0 Å². The second kappa shape index (κ2) is 9.73. The van der Waals surface area contributed by atoms with Gasteiger partial charge in [0.15, 0.2) is 0 Å². The minimum absolute atomic E-state index is 0.0505. The third-order valence-corrected chi connectivity index (χ3v) is 3.16. The Kier molecular flexibility index (Phi) is 8.30. The van der Waals surface area contributed by atoms with Crippen molar-refractivity contribution in [3.05, 3.63) is 29.8 Å². The second-order valence-corrected chi connectivity index (χ2v) is 5.12. The van der Waals surface area contributed by atoms with E-state index in [0.717, 1.165) is 17.7 Å². The molecule has 0 radical (unpaired) electrons. The SMILES string of the molecule is CC[C@@H](N)c1ccccc1OCC(O)COC(C)COC. The van der Waals surface area contributed by atoms with Crippen LogP contribution in [0.15, 0.2) is 24.3 Å². The Bertz CT molecular complexity index is 400. The molecule has 3 N–H and O–H groups in total. The van der Waals surface area contributed by atoms with E-state index in [-0.39, 0.29) is 25.4 Å². The molecule has 0 amide bonds. The van der Waals surface area contributed by atoms with Crippen LogP contribution in [0.4, 0.5) is 0 Å². The van der Waals surface area contributed by atoms with Crippen LogP contribution in [-0.4, -0.2) is 44.2 Å². The maximum absolute atomic E-state index is 9.89. The van der Waals surface area contributed by atoms with Gasteiger partial charge in [0, 0.05) is 18.7 Å². The monoisotopic (exact) mass is 297 g/mol. The Morgan fingerprint density at radius 1 is 1.19 bits per heavy atom. The van der Waals surface area contributed by atoms with Crippen LogP contribution < -0.4 is 10.5 Å². The lowest BCUT2D eigenvalue weighted by Gasteiger charge is -2.19. The van der Waals surface area contributed by atoms with Crippen molar-refractivity contribution in [1.29, 1.82) is 0 Å². The van der Waals surface area contributed by atoms with E-state index in [1.165, 1.54) is 0 Å². The van der Waals surface area contributed by atoms with E-state index in [1.807, 2.05) is 38.1 Å². The van der Waals surface area contributed by atoms with Crippen LogP contribution in [0.1, 0.15) is 31.9 Å². The number of hydrogen-bond donors (Lipinski definition) is 2. The van der Waals surface area contributed by atoms with Crippen LogP contribution in [0.5, 0.6) is 5.75 Å². The molecular formula is C16H27NO4. The first-order valence-electron chi connectivity index (χ1n) is 7.34. The van der Waals surface area contributed by atoms with Crippen molar-refractivity contribution in [3.63, 3.8) is 0 Å². The molecule has 0 saturated carbocycles. The molecule has 0 aliphatic carbocycles. The fourth-order valence-corrected chi connectivity index (χ4v) is 1.93. The summed E-state index contributed by atoms with van der Waals surface area (Å²) < 4.78 is 16.1. The van der Waals surface area contributed by atoms with Crippen LogP contribution in [0.3, 0.4) is 0 Å². The molecule has 0 spiro atoms. The van der Waals surface area contributed by atoms with Crippen LogP contribution in [0.2, 0.25) is 0 Å². The fourth-order valence-electron chi connectivity index (χ4n) is 1.93. The first-order valence-corrected chi connectivity index (χ1v) is 7.34. The van der Waals surface area contributed by atoms with Gasteiger partial charge >= 0.3 is 0 Å². The van der Waals surface area contributed by atoms with Gasteiger partial charge in [-0.3, -0.25) is 0 Å². The van der Waals surface area contributed by atoms with E-state index in [2.05, 4.69) is 0 Å². The molecule has 2 unspecified atom stereocenters. The van der Waals surface area contributed by atoms with Gasteiger partial charge in [0.25, 0.3) is 0 Å². The van der Waals surface area contributed by atoms with Gasteiger partial charge in [-0.1, -0.05) is 25.1 Å². The number of rotatable bonds is 10. The topological polar surface area (TPSA) is 73.9 Å². The first kappa shape index (κ1) is 17.9. The lowest BCUT2D eigenvalue weighted by Crippen LogP contribution is -2.27. The van der Waals surface area contributed by atoms with Crippen molar-refractivity contribution < 1.29 is 19.3 Å². The number of methoxy groups -OCH3 is 1. The Labute approximate surface area is 127 Å². The van der Waals surface area contributed by atoms with Crippen molar-refractivity contribution in [2.45, 2.75) is 38.5 Å². The predicted molar refractivity (Wildman–Crippen MR) is 82.5 cm³/mol. The molecule has 5 heteroatoms. The number of aliphatic hydroxyl groups is 1. The highest BCUT2D eigenvalue weighted by Crippen LogP contribution is 2.25. The first-order chi connectivity index (χ1) is 10.1. The summed E-state index contributed by atoms with van der Waals surface area (Å²) in [7, 11) is 1.62. The number of benzene rings is 1. The zero-order valence-electron chi connectivity index (χ0n) is 13.1. The highest BCUT2D eigenvalue weighted by atomic mass is 16.5. The molecule has 1 aromatic carbocycles. The highest BCUT2D eigenvalue weighted by Gasteiger charge is 2.13. The number of para-hydroxylation sites is 1. The zero-order chi connectivity index (χ0) is 15.7. The quantitative estimate of drug-likeness (QED) is 0.690. The fraction of sp³-hybridized carbons (Fsp3) is 0.625. The van der Waals surface area contributed by atoms with Gasteiger partial charge in [0.2, 0.25) is 0 Å². The molecule has 0 bridgehead atoms. The van der Waals surface area contributed by atoms with Gasteiger partial charge in [-0.05, 0) is 19.4 Å². The van der Waals surface area contributed by atoms with Crippen LogP contribution in [0, 0.1) is 0 Å². The molecule has 1 rings (SSSR count). The molecule has 0 heterocycles. The summed E-state index contributed by atoms with van der Waals surface area (Å²) in [5.74, 6) is 0.718. The van der Waals surface area contributed by atoms with E-state index < -0.39 is 6.10 Å². The number of ether oxygens (including phenoxy) is 3. The number of aliphatic hydroxyl groups excluding tert-OH is 1. The summed E-state index contributed by atoms with van der Waals surface area (Å²) in [6.07, 6.45) is 0.0984. The maximum Gasteiger partial charge on any atom is 0.124 e. The lowest BCUT2D eigenvalue weighted by atomic mass is 10.0. The standard InChI is InChI=1S/C16H27NO4/c1-4-15(17)14-7-5-6-8-16(14)21-11-13(18)10-20-12(2)9-19-3/h5-8,12-13,15,18H,4,9-11,17H2,1-3H3/t12?,13?,15-/m1/s1. The van der Waals surface area contributed by atoms with Crippen molar-refractivity contribution in [3.8, 4) is 5.75 Å². The van der Waals surface area contributed by atoms with Gasteiger partial charge in [-0.25, -0.2) is 0 Å². The van der Waals surface area contributed by atoms with Crippen LogP contribution in [-0.2, 0) is 9.47 Å². The molecule has 0 saturated heterocycles. The molecule has 0 aliphatic rings. The number of hydrogen-bond acceptors (Lipinski definition) is 5. The Hall–Kier alpha value is -1.14. The van der Waals surface area contributed by atoms with Gasteiger partial charge < -0.3 is 25.1 Å². The summed E-state index contributed by atoms with van der Waals surface area (Å²) in [6.45, 7) is 4.81. The molecule has 0 aliphatic heterocycles. The Morgan fingerprint density at radius 2 is 1.90 bits per heavy atom. The summed E-state index contributed by atoms with van der Waals surface area (Å²) in [5, 5.41) is 9.89. The molecule has 1 aromatic rings. The van der Waals surface area contributed by atoms with Crippen LogP contribution in [0.25, 0.3) is 0 Å². The normalized spacial score (nSPS) is 15.5. The molecule has 21 heavy (non-hydrogen) atoms. The van der Waals surface area contributed by atoms with Gasteiger partial charge in [-0.2, -0.15) is 0 Å². The average molecular weight is 297 g/mol. The minimum atomic E-state index is -0.685. The summed E-state index contributed by atoms with van der Waals surface area (Å²) in [5.41, 5.74) is 7.01. The Balaban J connectivity index is 2.44. The molecule has 3 atom stereocenters. The van der Waals surface area contributed by atoms with Crippen molar-refractivity contribution in [2.75, 3.05) is 26.9 Å². The number of nitrogens with two attached hydrogens (primary N) is 1. The molecule has 5 nitrogen and oxygen atoms in total. The van der Waals surface area contributed by atoms with Gasteiger partial charge in [0.1, 0.15) is 18.5 Å². The molecule has 120 valence electrons. The molecule has 0 aromatic heterocycles. The van der Waals surface area contributed by atoms with Crippen molar-refractivity contribution >= 4 is 0 Å². The largest absolute Gasteiger partial charge is 0.490 e. The van der Waals surface area contributed by atoms with Gasteiger partial charge in [0.05, 0.1) is 19.3 Å².